The maximum Gasteiger partial charge on any atom is 0.271 e. The zero-order chi connectivity index (χ0) is 36.2. The Labute approximate surface area is 294 Å². The van der Waals surface area contributed by atoms with E-state index in [1.165, 1.54) is 24.4 Å². The molecule has 6 rings (SSSR count). The van der Waals surface area contributed by atoms with Crippen LogP contribution in [0.4, 0.5) is 15.9 Å². The second kappa shape index (κ2) is 14.9. The Bertz CT molecular complexity index is 2120. The summed E-state index contributed by atoms with van der Waals surface area (Å²) >= 11 is 0. The summed E-state index contributed by atoms with van der Waals surface area (Å²) < 4.78 is 31.8. The van der Waals surface area contributed by atoms with Crippen molar-refractivity contribution < 1.29 is 28.2 Å². The molecular formula is C39H38FN5O6. The van der Waals surface area contributed by atoms with E-state index in [0.717, 1.165) is 16.7 Å². The van der Waals surface area contributed by atoms with Gasteiger partial charge in [-0.3, -0.25) is 14.4 Å². The number of carbonyl (C=O) groups is 2. The lowest BCUT2D eigenvalue weighted by molar-refractivity contribution is -0.0588. The summed E-state index contributed by atoms with van der Waals surface area (Å²) in [6.07, 6.45) is 2.68. The molecule has 1 saturated heterocycles. The zero-order valence-corrected chi connectivity index (χ0v) is 28.7. The number of nitrogens with two attached hydrogens (primary N) is 1. The minimum absolute atomic E-state index is 0.0620. The molecule has 2 amide bonds. The number of carbonyl (C=O) groups excluding carboxylic acids is 2. The van der Waals surface area contributed by atoms with Gasteiger partial charge in [0.05, 0.1) is 26.4 Å². The van der Waals surface area contributed by atoms with Crippen LogP contribution in [0, 0.1) is 5.82 Å². The van der Waals surface area contributed by atoms with E-state index < -0.39 is 23.1 Å². The number of halogens is 1. The minimum Gasteiger partial charge on any atom is -0.493 e. The first-order valence-electron chi connectivity index (χ1n) is 16.4. The van der Waals surface area contributed by atoms with Crippen molar-refractivity contribution in [2.24, 2.45) is 0 Å². The maximum atomic E-state index is 14.2. The van der Waals surface area contributed by atoms with E-state index in [2.05, 4.69) is 10.3 Å². The average molecular weight is 692 g/mol. The molecule has 0 unspecified atom stereocenters. The van der Waals surface area contributed by atoms with E-state index >= 15 is 0 Å². The zero-order valence-electron chi connectivity index (χ0n) is 28.7. The van der Waals surface area contributed by atoms with Crippen LogP contribution in [0.2, 0.25) is 0 Å². The van der Waals surface area contributed by atoms with Crippen LogP contribution in [-0.4, -0.2) is 65.8 Å². The van der Waals surface area contributed by atoms with Crippen molar-refractivity contribution >= 4 is 23.3 Å². The van der Waals surface area contributed by atoms with Crippen molar-refractivity contribution in [2.45, 2.75) is 32.6 Å². The molecule has 1 fully saturated rings. The Morgan fingerprint density at radius 2 is 1.57 bits per heavy atom. The topological polar surface area (TPSA) is 138 Å². The average Bonchev–Trinajstić information content (AvgIpc) is 3.12. The lowest BCUT2D eigenvalue weighted by atomic mass is 10.0. The number of ether oxygens (including phenoxy) is 3. The molecule has 262 valence electrons. The molecule has 2 aromatic heterocycles. The van der Waals surface area contributed by atoms with Crippen molar-refractivity contribution in [2.75, 3.05) is 38.4 Å². The van der Waals surface area contributed by atoms with Gasteiger partial charge in [0.15, 0.2) is 16.9 Å². The standard InChI is InChI=1S/C39H38FN5O6/c1-23-20-45(21-24(2)51-23)39(48)36-35(32(46)15-16-44(36)22-25-5-10-29(40)11-6-25)38(47)43-30-12-7-26(8-13-30)31-17-28(19-42-37(31)41)27-9-14-33(49-3)34(18-27)50-4/h5-19,23-24H,20-22H2,1-4H3,(H2,41,42)(H,43,47)/t23-,24+. The van der Waals surface area contributed by atoms with Crippen LogP contribution in [0.25, 0.3) is 22.3 Å². The van der Waals surface area contributed by atoms with Gasteiger partial charge in [-0.05, 0) is 73.0 Å². The van der Waals surface area contributed by atoms with Crippen LogP contribution in [-0.2, 0) is 11.3 Å². The van der Waals surface area contributed by atoms with Gasteiger partial charge < -0.3 is 34.7 Å². The Morgan fingerprint density at radius 3 is 2.24 bits per heavy atom. The number of nitrogen functional groups attached to an aromatic ring is 1. The van der Waals surface area contributed by atoms with E-state index in [9.17, 15) is 18.8 Å². The molecule has 3 heterocycles. The van der Waals surface area contributed by atoms with Gasteiger partial charge in [-0.1, -0.05) is 30.3 Å². The van der Waals surface area contributed by atoms with E-state index in [-0.39, 0.29) is 43.1 Å². The molecule has 2 atom stereocenters. The van der Waals surface area contributed by atoms with Crippen LogP contribution < -0.4 is 26.0 Å². The number of pyridine rings is 2. The van der Waals surface area contributed by atoms with Gasteiger partial charge in [0.25, 0.3) is 11.8 Å². The van der Waals surface area contributed by atoms with Gasteiger partial charge in [-0.15, -0.1) is 0 Å². The number of hydrogen-bond acceptors (Lipinski definition) is 8. The first-order chi connectivity index (χ1) is 24.5. The van der Waals surface area contributed by atoms with Crippen LogP contribution in [0.3, 0.4) is 0 Å². The van der Waals surface area contributed by atoms with E-state index in [1.54, 1.807) is 66.3 Å². The normalized spacial score (nSPS) is 15.7. The third kappa shape index (κ3) is 7.60. The highest BCUT2D eigenvalue weighted by Crippen LogP contribution is 2.35. The molecule has 0 bridgehead atoms. The molecule has 0 aliphatic carbocycles. The Kier molecular flexibility index (Phi) is 10.1. The Morgan fingerprint density at radius 1 is 0.902 bits per heavy atom. The van der Waals surface area contributed by atoms with Crippen molar-refractivity contribution in [1.29, 1.82) is 0 Å². The molecule has 12 heteroatoms. The molecule has 11 nitrogen and oxygen atoms in total. The Balaban J connectivity index is 1.31. The number of nitrogens with one attached hydrogen (secondary N) is 1. The summed E-state index contributed by atoms with van der Waals surface area (Å²) in [6.45, 7) is 4.43. The number of amides is 2. The SMILES string of the molecule is COc1ccc(-c2cnc(N)c(-c3ccc(NC(=O)c4c(C(=O)N5C[C@@H](C)O[C@@H](C)C5)n(Cc5ccc(F)cc5)ccc4=O)cc3)c2)cc1OC. The Hall–Kier alpha value is -6.01. The molecule has 1 aliphatic rings. The van der Waals surface area contributed by atoms with E-state index in [1.807, 2.05) is 38.1 Å². The van der Waals surface area contributed by atoms with Crippen molar-refractivity contribution in [3.05, 3.63) is 124 Å². The van der Waals surface area contributed by atoms with Crippen LogP contribution in [0.15, 0.2) is 96.1 Å². The highest BCUT2D eigenvalue weighted by atomic mass is 19.1. The second-order valence-corrected chi connectivity index (χ2v) is 12.4. The first-order valence-corrected chi connectivity index (χ1v) is 16.4. The third-order valence-electron chi connectivity index (χ3n) is 8.67. The fourth-order valence-electron chi connectivity index (χ4n) is 6.24. The smallest absolute Gasteiger partial charge is 0.271 e. The maximum absolute atomic E-state index is 14.2. The number of aromatic nitrogens is 2. The lowest BCUT2D eigenvalue weighted by Crippen LogP contribution is -2.49. The molecule has 3 N–H and O–H groups in total. The molecule has 0 saturated carbocycles. The molecular weight excluding hydrogens is 653 g/mol. The third-order valence-corrected chi connectivity index (χ3v) is 8.67. The van der Waals surface area contributed by atoms with Gasteiger partial charge in [-0.25, -0.2) is 9.37 Å². The van der Waals surface area contributed by atoms with E-state index in [4.69, 9.17) is 19.9 Å². The molecule has 51 heavy (non-hydrogen) atoms. The summed E-state index contributed by atoms with van der Waals surface area (Å²) in [4.78, 5) is 47.4. The van der Waals surface area contributed by atoms with Crippen molar-refractivity contribution in [3.63, 3.8) is 0 Å². The highest BCUT2D eigenvalue weighted by Gasteiger charge is 2.32. The second-order valence-electron chi connectivity index (χ2n) is 12.4. The van der Waals surface area contributed by atoms with Gasteiger partial charge in [0.2, 0.25) is 0 Å². The van der Waals surface area contributed by atoms with Gasteiger partial charge in [0, 0.05) is 54.9 Å². The summed E-state index contributed by atoms with van der Waals surface area (Å²) in [5.41, 5.74) is 9.48. The van der Waals surface area contributed by atoms with Crippen LogP contribution in [0.5, 0.6) is 11.5 Å². The molecule has 3 aromatic carbocycles. The van der Waals surface area contributed by atoms with Gasteiger partial charge >= 0.3 is 0 Å². The molecule has 0 spiro atoms. The summed E-state index contributed by atoms with van der Waals surface area (Å²) in [7, 11) is 3.14. The van der Waals surface area contributed by atoms with Crippen LogP contribution in [0.1, 0.15) is 40.3 Å². The summed E-state index contributed by atoms with van der Waals surface area (Å²) in [6, 6.07) is 21.5. The number of rotatable bonds is 9. The van der Waals surface area contributed by atoms with Gasteiger partial charge in [0.1, 0.15) is 22.9 Å². The van der Waals surface area contributed by atoms with Crippen molar-refractivity contribution in [1.82, 2.24) is 14.5 Å². The lowest BCUT2D eigenvalue weighted by Gasteiger charge is -2.36. The fourth-order valence-corrected chi connectivity index (χ4v) is 6.24. The van der Waals surface area contributed by atoms with E-state index in [0.29, 0.717) is 34.1 Å². The quantitative estimate of drug-likeness (QED) is 0.196. The fraction of sp³-hybridized carbons (Fsp3) is 0.231. The van der Waals surface area contributed by atoms with Crippen molar-refractivity contribution in [3.8, 4) is 33.8 Å². The number of methoxy groups -OCH3 is 2. The molecule has 5 aromatic rings. The highest BCUT2D eigenvalue weighted by molar-refractivity contribution is 6.11. The largest absolute Gasteiger partial charge is 0.493 e. The molecule has 1 aliphatic heterocycles. The number of anilines is 2. The summed E-state index contributed by atoms with van der Waals surface area (Å²) in [5, 5.41) is 2.80. The monoisotopic (exact) mass is 691 g/mol. The predicted octanol–water partition coefficient (Wildman–Crippen LogP) is 5.87. The predicted molar refractivity (Wildman–Crippen MR) is 193 cm³/mol. The summed E-state index contributed by atoms with van der Waals surface area (Å²) in [5.74, 6) is -0.122. The van der Waals surface area contributed by atoms with Gasteiger partial charge in [-0.2, -0.15) is 0 Å². The first kappa shape index (κ1) is 34.8. The number of morpholine rings is 1. The number of hydrogen-bond donors (Lipinski definition) is 2. The number of benzene rings is 3. The number of nitrogens with zero attached hydrogens (tertiary/aromatic N) is 3. The minimum atomic E-state index is -0.740. The van der Waals surface area contributed by atoms with Crippen LogP contribution >= 0.6 is 0 Å². The molecule has 0 radical (unpaired) electrons.